The van der Waals surface area contributed by atoms with E-state index in [4.69, 9.17) is 20.2 Å². The summed E-state index contributed by atoms with van der Waals surface area (Å²) in [6, 6.07) is 0. The van der Waals surface area contributed by atoms with E-state index in [9.17, 15) is 13.2 Å². The molecule has 17 heavy (non-hydrogen) atoms. The van der Waals surface area contributed by atoms with Gasteiger partial charge in [-0.15, -0.1) is 0 Å². The van der Waals surface area contributed by atoms with E-state index >= 15 is 0 Å². The largest absolute Gasteiger partial charge is 0.631 e. The molecule has 0 heterocycles. The number of aliphatic hydroxyl groups excluding tert-OH is 1. The Kier molecular flexibility index (Phi) is 19.7. The Morgan fingerprint density at radius 3 is 1.65 bits per heavy atom. The minimum atomic E-state index is -4.19. The third-order valence-corrected chi connectivity index (χ3v) is 1.24. The second-order valence-corrected chi connectivity index (χ2v) is 2.88. The van der Waals surface area contributed by atoms with Gasteiger partial charge in [-0.05, 0) is 6.42 Å². The fraction of sp³-hybridized carbons (Fsp3) is 0.778. The molecule has 0 aromatic carbocycles. The van der Waals surface area contributed by atoms with Gasteiger partial charge in [0.05, 0.1) is 0 Å². The van der Waals surface area contributed by atoms with Crippen molar-refractivity contribution in [3.8, 4) is 0 Å². The van der Waals surface area contributed by atoms with Crippen molar-refractivity contribution in [3.05, 3.63) is 12.7 Å². The maximum Gasteiger partial charge on any atom is 0.631 e. The van der Waals surface area contributed by atoms with E-state index in [0.717, 1.165) is 6.42 Å². The van der Waals surface area contributed by atoms with Gasteiger partial charge >= 0.3 is 13.5 Å². The topological polar surface area (TPSA) is 80.9 Å². The van der Waals surface area contributed by atoms with Crippen LogP contribution in [0.3, 0.4) is 0 Å². The third kappa shape index (κ3) is 67.3. The van der Waals surface area contributed by atoms with Gasteiger partial charge in [0.2, 0.25) is 0 Å². The van der Waals surface area contributed by atoms with Crippen molar-refractivity contribution in [1.29, 1.82) is 0 Å². The van der Waals surface area contributed by atoms with Gasteiger partial charge in [-0.2, -0.15) is 13.2 Å². The molecule has 0 aromatic heterocycles. The van der Waals surface area contributed by atoms with Gasteiger partial charge in [-0.1, -0.05) is 32.8 Å². The first-order chi connectivity index (χ1) is 7.71. The molecule has 0 amide bonds. The van der Waals surface area contributed by atoms with Crippen molar-refractivity contribution >= 4 is 7.32 Å². The molecule has 0 rings (SSSR count). The Hall–Kier alpha value is -0.565. The molecule has 0 saturated heterocycles. The summed E-state index contributed by atoms with van der Waals surface area (Å²) in [4.78, 5) is 0. The number of halogens is 3. The van der Waals surface area contributed by atoms with Gasteiger partial charge in [-0.25, -0.2) is 0 Å². The predicted octanol–water partition coefficient (Wildman–Crippen LogP) is 1.24. The molecular weight excluding hydrogens is 240 g/mol. The Morgan fingerprint density at radius 2 is 1.47 bits per heavy atom. The third-order valence-electron chi connectivity index (χ3n) is 1.24. The molecule has 4 N–H and O–H groups in total. The van der Waals surface area contributed by atoms with Crippen LogP contribution in [0.25, 0.3) is 0 Å². The van der Waals surface area contributed by atoms with Crippen LogP contribution in [0.2, 0.25) is 0 Å². The van der Waals surface area contributed by atoms with E-state index < -0.39 is 13.5 Å². The quantitative estimate of drug-likeness (QED) is 0.348. The van der Waals surface area contributed by atoms with Gasteiger partial charge in [0.1, 0.15) is 0 Å². The van der Waals surface area contributed by atoms with Gasteiger partial charge in [-0.3, -0.25) is 0 Å². The molecule has 0 aliphatic carbocycles. The van der Waals surface area contributed by atoms with Crippen LogP contribution in [0, 0.1) is 0 Å². The second kappa shape index (κ2) is 15.4. The Bertz CT molecular complexity index is 147. The zero-order valence-corrected chi connectivity index (χ0v) is 9.82. The molecule has 0 radical (unpaired) electrons. The van der Waals surface area contributed by atoms with E-state index in [0.29, 0.717) is 6.61 Å². The summed E-state index contributed by atoms with van der Waals surface area (Å²) < 4.78 is 32.0. The van der Waals surface area contributed by atoms with E-state index in [1.165, 1.54) is 19.3 Å². The standard InChI is InChI=1S/C6H14O.C3H3F3.BH3O3/c1-2-3-4-5-6-7;1-2-3(4,5)6;2-1(3)4/h7H,2-6H2,1H3;2H,1H2;2-4H. The van der Waals surface area contributed by atoms with Crippen LogP contribution in [-0.4, -0.2) is 40.3 Å². The second-order valence-electron chi connectivity index (χ2n) is 2.88. The number of hydrogen-bond acceptors (Lipinski definition) is 4. The van der Waals surface area contributed by atoms with Crippen LogP contribution in [0.4, 0.5) is 13.2 Å². The van der Waals surface area contributed by atoms with Crippen LogP contribution in [-0.2, 0) is 0 Å². The number of aliphatic hydroxyl groups is 1. The lowest BCUT2D eigenvalue weighted by Gasteiger charge is -1.91. The highest BCUT2D eigenvalue weighted by Gasteiger charge is 2.19. The monoisotopic (exact) mass is 260 g/mol. The molecule has 0 aromatic rings. The molecule has 0 atom stereocenters. The summed E-state index contributed by atoms with van der Waals surface area (Å²) in [5.74, 6) is 0. The SMILES string of the molecule is C=CC(F)(F)F.CCCCCCO.OB(O)O. The first-order valence-corrected chi connectivity index (χ1v) is 5.06. The number of rotatable bonds is 4. The average molecular weight is 260 g/mol. The zero-order chi connectivity index (χ0) is 14.3. The van der Waals surface area contributed by atoms with Crippen LogP contribution >= 0.6 is 0 Å². The van der Waals surface area contributed by atoms with Crippen molar-refractivity contribution in [2.24, 2.45) is 0 Å². The first kappa shape index (κ1) is 21.7. The van der Waals surface area contributed by atoms with E-state index in [1.54, 1.807) is 0 Å². The molecular formula is C9H20BF3O4. The van der Waals surface area contributed by atoms with Crippen molar-refractivity contribution in [2.75, 3.05) is 6.61 Å². The smallest absolute Gasteiger partial charge is 0.402 e. The van der Waals surface area contributed by atoms with Gasteiger partial charge < -0.3 is 20.2 Å². The Balaban J connectivity index is -0.000000180. The van der Waals surface area contributed by atoms with E-state index in [1.807, 2.05) is 0 Å². The lowest BCUT2D eigenvalue weighted by Crippen LogP contribution is -2.07. The van der Waals surface area contributed by atoms with Crippen molar-refractivity contribution in [1.82, 2.24) is 0 Å². The van der Waals surface area contributed by atoms with Gasteiger partial charge in [0.15, 0.2) is 0 Å². The summed E-state index contributed by atoms with van der Waals surface area (Å²) in [6.07, 6.45) is 0.425. The fourth-order valence-electron chi connectivity index (χ4n) is 0.539. The molecule has 0 fully saturated rings. The van der Waals surface area contributed by atoms with E-state index in [-0.39, 0.29) is 6.08 Å². The average Bonchev–Trinajstić information content (AvgIpc) is 2.18. The molecule has 104 valence electrons. The fourth-order valence-corrected chi connectivity index (χ4v) is 0.539. The zero-order valence-electron chi connectivity index (χ0n) is 9.82. The lowest BCUT2D eigenvalue weighted by molar-refractivity contribution is -0.0795. The summed E-state index contributed by atoms with van der Waals surface area (Å²) in [7, 11) is -2.17. The normalized spacial score (nSPS) is 9.41. The molecule has 0 spiro atoms. The lowest BCUT2D eigenvalue weighted by atomic mass is 10.2. The maximum absolute atomic E-state index is 10.7. The number of unbranched alkanes of at least 4 members (excludes halogenated alkanes) is 3. The van der Waals surface area contributed by atoms with Crippen LogP contribution in [0.15, 0.2) is 12.7 Å². The number of hydrogen-bond donors (Lipinski definition) is 4. The summed E-state index contributed by atoms with van der Waals surface area (Å²) in [5.41, 5.74) is 0. The van der Waals surface area contributed by atoms with Crippen LogP contribution in [0.1, 0.15) is 32.6 Å². The highest BCUT2D eigenvalue weighted by Crippen LogP contribution is 2.13. The summed E-state index contributed by atoms with van der Waals surface area (Å²) >= 11 is 0. The van der Waals surface area contributed by atoms with Crippen LogP contribution < -0.4 is 0 Å². The Morgan fingerprint density at radius 1 is 1.12 bits per heavy atom. The molecule has 8 heteroatoms. The van der Waals surface area contributed by atoms with E-state index in [2.05, 4.69) is 13.5 Å². The molecule has 0 unspecified atom stereocenters. The van der Waals surface area contributed by atoms with Crippen LogP contribution in [0.5, 0.6) is 0 Å². The van der Waals surface area contributed by atoms with Gasteiger partial charge in [0, 0.05) is 12.7 Å². The molecule has 0 aliphatic heterocycles. The minimum Gasteiger partial charge on any atom is -0.402 e. The van der Waals surface area contributed by atoms with Crippen molar-refractivity contribution < 1.29 is 33.3 Å². The molecule has 4 nitrogen and oxygen atoms in total. The minimum absolute atomic E-state index is 0.0625. The predicted molar refractivity (Wildman–Crippen MR) is 59.9 cm³/mol. The number of alkyl halides is 3. The maximum atomic E-state index is 10.7. The van der Waals surface area contributed by atoms with Crippen molar-refractivity contribution in [2.45, 2.75) is 38.8 Å². The first-order valence-electron chi connectivity index (χ1n) is 5.06. The highest BCUT2D eigenvalue weighted by molar-refractivity contribution is 6.30. The molecule has 0 aliphatic rings. The summed E-state index contributed by atoms with van der Waals surface area (Å²) in [5, 5.41) is 29.8. The highest BCUT2D eigenvalue weighted by atomic mass is 19.4. The van der Waals surface area contributed by atoms with Crippen molar-refractivity contribution in [3.63, 3.8) is 0 Å². The van der Waals surface area contributed by atoms with Gasteiger partial charge in [0.25, 0.3) is 0 Å². The summed E-state index contributed by atoms with van der Waals surface area (Å²) in [6.45, 7) is 5.03. The molecule has 0 saturated carbocycles. The molecule has 0 bridgehead atoms. The Labute approximate surface area is 99.6 Å². The number of allylic oxidation sites excluding steroid dienone is 1.